The van der Waals surface area contributed by atoms with Crippen LogP contribution in [0.2, 0.25) is 0 Å². The fourth-order valence-corrected chi connectivity index (χ4v) is 3.07. The zero-order valence-corrected chi connectivity index (χ0v) is 15.7. The Bertz CT molecular complexity index is 1180. The number of imide groups is 1. The van der Waals surface area contributed by atoms with Crippen LogP contribution >= 0.6 is 0 Å². The predicted octanol–water partition coefficient (Wildman–Crippen LogP) is -0.649. The van der Waals surface area contributed by atoms with Crippen molar-refractivity contribution in [1.82, 2.24) is 15.2 Å². The van der Waals surface area contributed by atoms with Crippen molar-refractivity contribution in [2.24, 2.45) is 0 Å². The molecule has 0 spiro atoms. The van der Waals surface area contributed by atoms with Gasteiger partial charge in [-0.2, -0.15) is 0 Å². The Kier molecular flexibility index (Phi) is 5.55. The average Bonchev–Trinajstić information content (AvgIpc) is 2.98. The number of carbonyl (C=O) groups excluding carboxylic acids is 3. The second-order valence-corrected chi connectivity index (χ2v) is 6.62. The largest absolute Gasteiger partial charge is 0.481 e. The van der Waals surface area contributed by atoms with Crippen LogP contribution in [0.3, 0.4) is 0 Å². The molecule has 1 aromatic carbocycles. The molecule has 31 heavy (non-hydrogen) atoms. The summed E-state index contributed by atoms with van der Waals surface area (Å²) in [5.74, 6) is -5.04. The number of pyridine rings is 1. The van der Waals surface area contributed by atoms with E-state index in [2.05, 4.69) is 5.32 Å². The quantitative estimate of drug-likeness (QED) is 0.356. The number of carboxylic acids is 2. The zero-order chi connectivity index (χ0) is 22.9. The fraction of sp³-hybridized carbons (Fsp3) is 0.158. The molecule has 6 N–H and O–H groups in total. The van der Waals surface area contributed by atoms with Crippen LogP contribution in [-0.4, -0.2) is 50.5 Å². The van der Waals surface area contributed by atoms with Crippen molar-refractivity contribution in [2.45, 2.75) is 18.9 Å². The molecule has 1 unspecified atom stereocenters. The first-order chi connectivity index (χ1) is 14.6. The van der Waals surface area contributed by atoms with Gasteiger partial charge in [0.05, 0.1) is 16.8 Å². The van der Waals surface area contributed by atoms with Crippen LogP contribution in [0.5, 0.6) is 0 Å². The molecule has 1 aliphatic rings. The van der Waals surface area contributed by atoms with Crippen molar-refractivity contribution in [3.8, 4) is 5.69 Å². The molecule has 12 nitrogen and oxygen atoms in total. The zero-order valence-electron chi connectivity index (χ0n) is 15.7. The minimum atomic E-state index is -1.39. The van der Waals surface area contributed by atoms with E-state index in [-0.39, 0.29) is 34.6 Å². The number of nitrogens with one attached hydrogen (secondary N) is 2. The van der Waals surface area contributed by atoms with Gasteiger partial charge >= 0.3 is 11.9 Å². The lowest BCUT2D eigenvalue weighted by molar-refractivity contribution is -0.140. The number of rotatable bonds is 7. The van der Waals surface area contributed by atoms with Crippen LogP contribution in [0.15, 0.2) is 35.1 Å². The minimum absolute atomic E-state index is 0.0472. The van der Waals surface area contributed by atoms with Gasteiger partial charge in [-0.15, -0.1) is 0 Å². The minimum Gasteiger partial charge on any atom is -0.481 e. The van der Waals surface area contributed by atoms with Gasteiger partial charge in [-0.25, -0.2) is 4.79 Å². The lowest BCUT2D eigenvalue weighted by Gasteiger charge is -2.15. The van der Waals surface area contributed by atoms with Gasteiger partial charge in [-0.3, -0.25) is 33.9 Å². The van der Waals surface area contributed by atoms with E-state index < -0.39 is 47.7 Å². The van der Waals surface area contributed by atoms with Crippen molar-refractivity contribution in [1.29, 1.82) is 0 Å². The van der Waals surface area contributed by atoms with Crippen molar-refractivity contribution < 1.29 is 34.2 Å². The summed E-state index contributed by atoms with van der Waals surface area (Å²) in [6.45, 7) is 0. The molecule has 0 fully saturated rings. The molecule has 160 valence electrons. The Balaban J connectivity index is 1.86. The number of nitrogens with zero attached hydrogens (tertiary/aromatic N) is 1. The Hall–Kier alpha value is -4.48. The van der Waals surface area contributed by atoms with E-state index in [1.54, 1.807) is 0 Å². The second-order valence-electron chi connectivity index (χ2n) is 6.62. The normalized spacial score (nSPS) is 13.3. The maximum atomic E-state index is 12.4. The third-order valence-corrected chi connectivity index (χ3v) is 4.59. The molecule has 12 heteroatoms. The number of hydrogen-bond donors (Lipinski definition) is 5. The SMILES string of the molecule is Nc1c2c(cc(=O)n1-c1ccc(C(=O)NC(CCC(=O)O)C(=O)O)cc1)C(=O)NC2=O. The van der Waals surface area contributed by atoms with Crippen LogP contribution in [0.4, 0.5) is 5.82 Å². The van der Waals surface area contributed by atoms with Crippen molar-refractivity contribution in [3.05, 3.63) is 57.4 Å². The molecular formula is C19H16N4O8. The summed E-state index contributed by atoms with van der Waals surface area (Å²) in [6, 6.07) is 4.87. The molecule has 0 radical (unpaired) electrons. The topological polar surface area (TPSA) is 198 Å². The van der Waals surface area contributed by atoms with Gasteiger partial charge in [-0.05, 0) is 30.7 Å². The molecule has 2 aromatic rings. The number of hydrogen-bond acceptors (Lipinski definition) is 7. The summed E-state index contributed by atoms with van der Waals surface area (Å²) in [5.41, 5.74) is 5.26. The molecule has 0 saturated carbocycles. The van der Waals surface area contributed by atoms with Crippen molar-refractivity contribution in [3.63, 3.8) is 0 Å². The summed E-state index contributed by atoms with van der Waals surface area (Å²) in [5, 5.41) is 22.1. The first-order valence-electron chi connectivity index (χ1n) is 8.87. The molecule has 0 saturated heterocycles. The smallest absolute Gasteiger partial charge is 0.326 e. The van der Waals surface area contributed by atoms with Gasteiger partial charge in [0, 0.05) is 18.1 Å². The van der Waals surface area contributed by atoms with Crippen LogP contribution in [0.1, 0.15) is 43.9 Å². The third kappa shape index (κ3) is 4.12. The van der Waals surface area contributed by atoms with E-state index in [4.69, 9.17) is 15.9 Å². The molecule has 2 heterocycles. The number of aromatic nitrogens is 1. The monoisotopic (exact) mass is 428 g/mol. The van der Waals surface area contributed by atoms with Crippen LogP contribution in [0.25, 0.3) is 5.69 Å². The standard InChI is InChI=1S/C19H16N4O8/c20-15-14-10(17(28)22-18(14)29)7-12(24)23(15)9-3-1-8(2-4-9)16(27)21-11(19(30)31)5-6-13(25)26/h1-4,7,11H,5-6,20H2,(H,21,27)(H,25,26)(H,30,31)(H,22,28,29). The number of fused-ring (bicyclic) bond motifs is 1. The number of anilines is 1. The molecule has 1 aliphatic heterocycles. The molecule has 0 bridgehead atoms. The van der Waals surface area contributed by atoms with Gasteiger partial charge in [-0.1, -0.05) is 0 Å². The van der Waals surface area contributed by atoms with E-state index >= 15 is 0 Å². The molecule has 1 aromatic heterocycles. The molecule has 0 aliphatic carbocycles. The van der Waals surface area contributed by atoms with Crippen LogP contribution < -0.4 is 21.9 Å². The second kappa shape index (κ2) is 8.10. The number of nitrogens with two attached hydrogens (primary N) is 1. The van der Waals surface area contributed by atoms with Gasteiger partial charge < -0.3 is 21.3 Å². The van der Waals surface area contributed by atoms with E-state index in [1.807, 2.05) is 5.32 Å². The number of aliphatic carboxylic acids is 2. The summed E-state index contributed by atoms with van der Waals surface area (Å²) in [4.78, 5) is 70.2. The maximum Gasteiger partial charge on any atom is 0.326 e. The Morgan fingerprint density at radius 1 is 1.06 bits per heavy atom. The Labute approximate surface area is 173 Å². The highest BCUT2D eigenvalue weighted by molar-refractivity contribution is 6.23. The average molecular weight is 428 g/mol. The maximum absolute atomic E-state index is 12.4. The van der Waals surface area contributed by atoms with Gasteiger partial charge in [0.1, 0.15) is 11.9 Å². The number of benzene rings is 1. The van der Waals surface area contributed by atoms with E-state index in [0.29, 0.717) is 0 Å². The highest BCUT2D eigenvalue weighted by atomic mass is 16.4. The van der Waals surface area contributed by atoms with Gasteiger partial charge in [0.2, 0.25) is 0 Å². The number of carbonyl (C=O) groups is 5. The molecule has 1 atom stereocenters. The van der Waals surface area contributed by atoms with Crippen LogP contribution in [0, 0.1) is 0 Å². The predicted molar refractivity (Wildman–Crippen MR) is 104 cm³/mol. The fourth-order valence-electron chi connectivity index (χ4n) is 3.07. The summed E-state index contributed by atoms with van der Waals surface area (Å²) >= 11 is 0. The lowest BCUT2D eigenvalue weighted by Crippen LogP contribution is -2.41. The van der Waals surface area contributed by atoms with Crippen LogP contribution in [-0.2, 0) is 9.59 Å². The van der Waals surface area contributed by atoms with E-state index in [1.165, 1.54) is 24.3 Å². The van der Waals surface area contributed by atoms with E-state index in [9.17, 15) is 28.8 Å². The third-order valence-electron chi connectivity index (χ3n) is 4.59. The summed E-state index contributed by atoms with van der Waals surface area (Å²) in [6.07, 6.45) is -0.733. The molecule has 3 amide bonds. The van der Waals surface area contributed by atoms with Gasteiger partial charge in [0.15, 0.2) is 0 Å². The molecule has 3 rings (SSSR count). The Morgan fingerprint density at radius 2 is 1.71 bits per heavy atom. The number of amides is 3. The van der Waals surface area contributed by atoms with Gasteiger partial charge in [0.25, 0.3) is 23.3 Å². The summed E-state index contributed by atoms with van der Waals surface area (Å²) in [7, 11) is 0. The van der Waals surface area contributed by atoms with Crippen molar-refractivity contribution in [2.75, 3.05) is 5.73 Å². The first kappa shape index (κ1) is 21.2. The highest BCUT2D eigenvalue weighted by Gasteiger charge is 2.31. The highest BCUT2D eigenvalue weighted by Crippen LogP contribution is 2.23. The number of nitrogen functional groups attached to an aromatic ring is 1. The van der Waals surface area contributed by atoms with Crippen molar-refractivity contribution >= 4 is 35.5 Å². The van der Waals surface area contributed by atoms with E-state index in [0.717, 1.165) is 10.6 Å². The Morgan fingerprint density at radius 3 is 2.29 bits per heavy atom. The summed E-state index contributed by atoms with van der Waals surface area (Å²) < 4.78 is 0.992. The lowest BCUT2D eigenvalue weighted by atomic mass is 10.1. The number of carboxylic acid groups (broad SMARTS) is 2. The molecular weight excluding hydrogens is 412 g/mol. The first-order valence-corrected chi connectivity index (χ1v) is 8.87.